The van der Waals surface area contributed by atoms with E-state index < -0.39 is 74.2 Å². The van der Waals surface area contributed by atoms with Crippen molar-refractivity contribution >= 4 is 5.91 Å². The minimum Gasteiger partial charge on any atom is -0.394 e. The topological polar surface area (TPSA) is 189 Å². The predicted octanol–water partition coefficient (Wildman–Crippen LogP) is 13.1. The summed E-state index contributed by atoms with van der Waals surface area (Å²) in [7, 11) is 0. The van der Waals surface area contributed by atoms with Gasteiger partial charge >= 0.3 is 0 Å². The summed E-state index contributed by atoms with van der Waals surface area (Å²) in [5.41, 5.74) is 0. The van der Waals surface area contributed by atoms with E-state index >= 15 is 0 Å². The number of allylic oxidation sites excluding steroid dienone is 6. The number of unbranched alkanes of at least 4 members (excludes halogenated alkanes) is 34. The summed E-state index contributed by atoms with van der Waals surface area (Å²) in [4.78, 5) is 13.2. The van der Waals surface area contributed by atoms with Crippen molar-refractivity contribution in [2.75, 3.05) is 13.2 Å². The van der Waals surface area contributed by atoms with Crippen LogP contribution in [0, 0.1) is 0 Å². The standard InChI is InChI=1S/C61H115NO10/c1-3-5-7-9-11-13-15-17-19-21-23-25-26-27-28-29-31-32-34-36-38-40-42-44-46-48-53(64)56(66)52(51-71-61-59(69)58(68)57(67)55(50-63)72-61)62-60(70)54(65)49-47-45-43-41-39-37-35-33-30-24-22-20-18-16-14-12-10-8-6-4-2/h6,8,12,14,40,42,52-59,61,63-69H,3-5,7,9-11,13,15-39,41,43-51H2,1-2H3,(H,62,70)/b8-6-,14-12-,42-40+. The predicted molar refractivity (Wildman–Crippen MR) is 298 cm³/mol. The first-order valence-electron chi connectivity index (χ1n) is 30.4. The Morgan fingerprint density at radius 2 is 0.903 bits per heavy atom. The van der Waals surface area contributed by atoms with Crippen molar-refractivity contribution in [1.29, 1.82) is 0 Å². The van der Waals surface area contributed by atoms with Gasteiger partial charge in [-0.05, 0) is 64.2 Å². The zero-order valence-corrected chi connectivity index (χ0v) is 46.4. The SMILES string of the molecule is CC/C=C\C/C=C\CCCCCCCCCCCCCCCC(O)C(=O)NC(COC1OC(CO)C(O)C(O)C1O)C(O)C(O)CCC/C=C/CCCCCCCCCCCCCCCCCCCCCC. The molecule has 1 fully saturated rings. The summed E-state index contributed by atoms with van der Waals surface area (Å²) in [5.74, 6) is -0.705. The van der Waals surface area contributed by atoms with Gasteiger partial charge in [-0.25, -0.2) is 0 Å². The lowest BCUT2D eigenvalue weighted by Crippen LogP contribution is -2.60. The summed E-state index contributed by atoms with van der Waals surface area (Å²) in [6.45, 7) is 3.37. The molecule has 1 amide bonds. The molecule has 424 valence electrons. The number of aliphatic hydroxyl groups is 7. The number of hydrogen-bond donors (Lipinski definition) is 8. The fourth-order valence-corrected chi connectivity index (χ4v) is 9.78. The van der Waals surface area contributed by atoms with Gasteiger partial charge < -0.3 is 50.5 Å². The molecule has 72 heavy (non-hydrogen) atoms. The van der Waals surface area contributed by atoms with Gasteiger partial charge in [-0.15, -0.1) is 0 Å². The highest BCUT2D eigenvalue weighted by Crippen LogP contribution is 2.23. The molecule has 11 nitrogen and oxygen atoms in total. The van der Waals surface area contributed by atoms with Gasteiger partial charge in [0.2, 0.25) is 5.91 Å². The van der Waals surface area contributed by atoms with Crippen LogP contribution < -0.4 is 5.32 Å². The second kappa shape index (κ2) is 50.2. The number of amides is 1. The molecule has 11 heteroatoms. The number of hydrogen-bond acceptors (Lipinski definition) is 10. The monoisotopic (exact) mass is 1020 g/mol. The van der Waals surface area contributed by atoms with Crippen LogP contribution in [0.5, 0.6) is 0 Å². The first-order valence-corrected chi connectivity index (χ1v) is 30.4. The quantitative estimate of drug-likeness (QED) is 0.0215. The molecule has 0 aliphatic carbocycles. The van der Waals surface area contributed by atoms with Gasteiger partial charge in [-0.1, -0.05) is 249 Å². The zero-order chi connectivity index (χ0) is 52.5. The van der Waals surface area contributed by atoms with Crippen LogP contribution in [0.25, 0.3) is 0 Å². The van der Waals surface area contributed by atoms with Crippen LogP contribution in [-0.4, -0.2) is 110 Å². The number of carbonyl (C=O) groups excluding carboxylic acids is 1. The van der Waals surface area contributed by atoms with Crippen LogP contribution >= 0.6 is 0 Å². The van der Waals surface area contributed by atoms with Crippen molar-refractivity contribution in [1.82, 2.24) is 5.32 Å². The zero-order valence-electron chi connectivity index (χ0n) is 46.4. The molecule has 1 rings (SSSR count). The molecule has 1 saturated heterocycles. The van der Waals surface area contributed by atoms with Crippen molar-refractivity contribution in [3.63, 3.8) is 0 Å². The highest BCUT2D eigenvalue weighted by atomic mass is 16.7. The van der Waals surface area contributed by atoms with Crippen LogP contribution in [-0.2, 0) is 14.3 Å². The summed E-state index contributed by atoms with van der Waals surface area (Å²) < 4.78 is 11.1. The summed E-state index contributed by atoms with van der Waals surface area (Å²) >= 11 is 0. The van der Waals surface area contributed by atoms with Gasteiger partial charge in [-0.2, -0.15) is 0 Å². The van der Waals surface area contributed by atoms with Gasteiger partial charge in [0, 0.05) is 0 Å². The van der Waals surface area contributed by atoms with E-state index in [1.807, 2.05) is 0 Å². The van der Waals surface area contributed by atoms with Gasteiger partial charge in [0.1, 0.15) is 36.6 Å². The van der Waals surface area contributed by atoms with Crippen LogP contribution in [0.2, 0.25) is 0 Å². The van der Waals surface area contributed by atoms with Crippen molar-refractivity contribution in [2.45, 2.75) is 332 Å². The molecule has 9 unspecified atom stereocenters. The first-order chi connectivity index (χ1) is 35.2. The van der Waals surface area contributed by atoms with Crippen molar-refractivity contribution < 1.29 is 50.0 Å². The number of rotatable bonds is 52. The Labute approximate surface area is 441 Å². The van der Waals surface area contributed by atoms with E-state index in [-0.39, 0.29) is 12.8 Å². The van der Waals surface area contributed by atoms with Gasteiger partial charge in [-0.3, -0.25) is 4.79 Å². The maximum absolute atomic E-state index is 13.2. The second-order valence-electron chi connectivity index (χ2n) is 21.4. The molecule has 0 bridgehead atoms. The molecule has 1 aliphatic rings. The van der Waals surface area contributed by atoms with E-state index in [9.17, 15) is 40.5 Å². The Morgan fingerprint density at radius 3 is 1.35 bits per heavy atom. The highest BCUT2D eigenvalue weighted by Gasteiger charge is 2.44. The Hall–Kier alpha value is -1.67. The Balaban J connectivity index is 2.29. The second-order valence-corrected chi connectivity index (χ2v) is 21.4. The third-order valence-corrected chi connectivity index (χ3v) is 14.7. The fraction of sp³-hybridized carbons (Fsp3) is 0.885. The molecule has 9 atom stereocenters. The molecular weight excluding hydrogens is 907 g/mol. The van der Waals surface area contributed by atoms with E-state index in [2.05, 4.69) is 55.6 Å². The Morgan fingerprint density at radius 1 is 0.500 bits per heavy atom. The van der Waals surface area contributed by atoms with E-state index in [0.29, 0.717) is 12.8 Å². The lowest BCUT2D eigenvalue weighted by Gasteiger charge is -2.40. The molecule has 0 aromatic heterocycles. The molecule has 0 saturated carbocycles. The van der Waals surface area contributed by atoms with Crippen molar-refractivity contribution in [3.05, 3.63) is 36.5 Å². The minimum atomic E-state index is -1.67. The average Bonchev–Trinajstić information content (AvgIpc) is 3.38. The van der Waals surface area contributed by atoms with Crippen LogP contribution in [0.15, 0.2) is 36.5 Å². The number of aliphatic hydroxyl groups excluding tert-OH is 7. The smallest absolute Gasteiger partial charge is 0.249 e. The summed E-state index contributed by atoms with van der Waals surface area (Å²) in [5, 5.41) is 76.2. The minimum absolute atomic E-state index is 0.253. The number of carbonyl (C=O) groups is 1. The fourth-order valence-electron chi connectivity index (χ4n) is 9.78. The molecule has 8 N–H and O–H groups in total. The summed E-state index contributed by atoms with van der Waals surface area (Å²) in [6, 6.07) is -1.19. The van der Waals surface area contributed by atoms with Crippen LogP contribution in [0.4, 0.5) is 0 Å². The van der Waals surface area contributed by atoms with Crippen molar-refractivity contribution in [3.8, 4) is 0 Å². The van der Waals surface area contributed by atoms with E-state index in [4.69, 9.17) is 9.47 Å². The maximum Gasteiger partial charge on any atom is 0.249 e. The molecule has 0 spiro atoms. The maximum atomic E-state index is 13.2. The van der Waals surface area contributed by atoms with Gasteiger partial charge in [0.05, 0.1) is 25.4 Å². The van der Waals surface area contributed by atoms with Gasteiger partial charge in [0.25, 0.3) is 0 Å². The van der Waals surface area contributed by atoms with Crippen LogP contribution in [0.1, 0.15) is 277 Å². The average molecular weight is 1020 g/mol. The van der Waals surface area contributed by atoms with E-state index in [0.717, 1.165) is 51.4 Å². The number of nitrogens with one attached hydrogen (secondary N) is 1. The number of ether oxygens (including phenoxy) is 2. The highest BCUT2D eigenvalue weighted by molar-refractivity contribution is 5.80. The van der Waals surface area contributed by atoms with Crippen molar-refractivity contribution in [2.24, 2.45) is 0 Å². The largest absolute Gasteiger partial charge is 0.394 e. The lowest BCUT2D eigenvalue weighted by atomic mass is 9.98. The van der Waals surface area contributed by atoms with E-state index in [1.165, 1.54) is 186 Å². The summed E-state index contributed by atoms with van der Waals surface area (Å²) in [6.07, 6.45) is 50.6. The lowest BCUT2D eigenvalue weighted by molar-refractivity contribution is -0.303. The normalized spacial score (nSPS) is 20.3. The molecular formula is C61H115NO10. The molecule has 1 aliphatic heterocycles. The Kier molecular flexibility index (Phi) is 47.6. The van der Waals surface area contributed by atoms with Crippen LogP contribution in [0.3, 0.4) is 0 Å². The molecule has 1 heterocycles. The molecule has 0 aromatic rings. The first kappa shape index (κ1) is 68.3. The Bertz CT molecular complexity index is 1260. The molecule has 0 radical (unpaired) electrons. The van der Waals surface area contributed by atoms with E-state index in [1.54, 1.807) is 0 Å². The third kappa shape index (κ3) is 38.0. The molecule has 0 aromatic carbocycles. The van der Waals surface area contributed by atoms with Gasteiger partial charge in [0.15, 0.2) is 6.29 Å². The third-order valence-electron chi connectivity index (χ3n) is 14.7.